The molecular formula is C20H25N7O. The third-order valence-corrected chi connectivity index (χ3v) is 5.23. The molecular weight excluding hydrogens is 354 g/mol. The molecule has 2 aromatic heterocycles. The van der Waals surface area contributed by atoms with Gasteiger partial charge in [-0.25, -0.2) is 9.97 Å². The van der Waals surface area contributed by atoms with Crippen molar-refractivity contribution in [3.05, 3.63) is 48.4 Å². The van der Waals surface area contributed by atoms with E-state index in [9.17, 15) is 4.79 Å². The minimum atomic E-state index is 0.147. The summed E-state index contributed by atoms with van der Waals surface area (Å²) in [4.78, 5) is 27.6. The van der Waals surface area contributed by atoms with Gasteiger partial charge in [0.25, 0.3) is 0 Å². The quantitative estimate of drug-likeness (QED) is 0.662. The highest BCUT2D eigenvalue weighted by Gasteiger charge is 2.23. The molecule has 1 aromatic carbocycles. The molecule has 3 aromatic rings. The fourth-order valence-electron chi connectivity index (χ4n) is 3.58. The van der Waals surface area contributed by atoms with Crippen LogP contribution in [-0.4, -0.2) is 75.2 Å². The number of aromatic nitrogens is 4. The number of aryl methyl sites for hydroxylation is 1. The molecule has 3 heterocycles. The molecule has 0 saturated carbocycles. The van der Waals surface area contributed by atoms with Crippen molar-refractivity contribution >= 4 is 22.8 Å². The van der Waals surface area contributed by atoms with Gasteiger partial charge in [0, 0.05) is 46.8 Å². The number of hydrogen-bond acceptors (Lipinski definition) is 6. The van der Waals surface area contributed by atoms with E-state index in [1.807, 2.05) is 50.6 Å². The number of piperazine rings is 1. The van der Waals surface area contributed by atoms with Crippen LogP contribution in [0.3, 0.4) is 0 Å². The van der Waals surface area contributed by atoms with Crippen molar-refractivity contribution in [3.8, 4) is 0 Å². The molecule has 1 amide bonds. The largest absolute Gasteiger partial charge is 0.353 e. The van der Waals surface area contributed by atoms with Crippen molar-refractivity contribution in [2.45, 2.75) is 6.54 Å². The summed E-state index contributed by atoms with van der Waals surface area (Å²) < 4.78 is 1.76. The lowest BCUT2D eigenvalue weighted by Gasteiger charge is -2.35. The molecule has 1 saturated heterocycles. The number of fused-ring (bicyclic) bond motifs is 1. The lowest BCUT2D eigenvalue weighted by atomic mass is 10.2. The summed E-state index contributed by atoms with van der Waals surface area (Å²) in [5.41, 5.74) is 1.98. The highest BCUT2D eigenvalue weighted by atomic mass is 16.2. The molecule has 8 heteroatoms. The summed E-state index contributed by atoms with van der Waals surface area (Å²) in [6.07, 6.45) is 3.41. The van der Waals surface area contributed by atoms with E-state index in [4.69, 9.17) is 0 Å². The maximum atomic E-state index is 12.6. The van der Waals surface area contributed by atoms with E-state index >= 15 is 0 Å². The molecule has 0 N–H and O–H groups in total. The van der Waals surface area contributed by atoms with E-state index in [0.29, 0.717) is 13.1 Å². The minimum absolute atomic E-state index is 0.147. The Morgan fingerprint density at radius 1 is 1.11 bits per heavy atom. The number of carbonyl (C=O) groups excluding carboxylic acids is 1. The Kier molecular flexibility index (Phi) is 5.21. The molecule has 0 unspecified atom stereocenters. The molecule has 0 atom stereocenters. The molecule has 28 heavy (non-hydrogen) atoms. The van der Waals surface area contributed by atoms with Gasteiger partial charge in [0.2, 0.25) is 5.91 Å². The van der Waals surface area contributed by atoms with Crippen molar-refractivity contribution in [1.29, 1.82) is 0 Å². The van der Waals surface area contributed by atoms with Gasteiger partial charge in [-0.1, -0.05) is 30.3 Å². The van der Waals surface area contributed by atoms with Gasteiger partial charge in [0.05, 0.1) is 18.1 Å². The number of anilines is 1. The first kappa shape index (κ1) is 18.4. The monoisotopic (exact) mass is 379 g/mol. The number of nitrogens with zero attached hydrogens (tertiary/aromatic N) is 7. The summed E-state index contributed by atoms with van der Waals surface area (Å²) in [5.74, 6) is 1.07. The van der Waals surface area contributed by atoms with Gasteiger partial charge in [-0.05, 0) is 5.56 Å². The molecule has 1 fully saturated rings. The van der Waals surface area contributed by atoms with Crippen LogP contribution in [-0.2, 0) is 18.4 Å². The van der Waals surface area contributed by atoms with Crippen molar-refractivity contribution in [2.75, 3.05) is 44.7 Å². The molecule has 0 spiro atoms. The van der Waals surface area contributed by atoms with Gasteiger partial charge in [0.1, 0.15) is 12.1 Å². The van der Waals surface area contributed by atoms with Gasteiger partial charge >= 0.3 is 0 Å². The predicted octanol–water partition coefficient (Wildman–Crippen LogP) is 1.14. The van der Waals surface area contributed by atoms with Crippen LogP contribution in [0.2, 0.25) is 0 Å². The van der Waals surface area contributed by atoms with Crippen molar-refractivity contribution in [2.24, 2.45) is 7.05 Å². The van der Waals surface area contributed by atoms with Crippen LogP contribution in [0, 0.1) is 0 Å². The van der Waals surface area contributed by atoms with Crippen LogP contribution in [0.25, 0.3) is 11.0 Å². The second-order valence-corrected chi connectivity index (χ2v) is 7.20. The summed E-state index contributed by atoms with van der Waals surface area (Å²) in [6.45, 7) is 4.41. The minimum Gasteiger partial charge on any atom is -0.353 e. The van der Waals surface area contributed by atoms with Crippen molar-refractivity contribution < 1.29 is 4.79 Å². The van der Waals surface area contributed by atoms with Gasteiger partial charge in [-0.3, -0.25) is 14.4 Å². The zero-order valence-corrected chi connectivity index (χ0v) is 16.3. The van der Waals surface area contributed by atoms with E-state index in [0.717, 1.165) is 48.6 Å². The van der Waals surface area contributed by atoms with Crippen LogP contribution in [0.1, 0.15) is 5.56 Å². The number of rotatable bonds is 5. The number of likely N-dealkylation sites (N-methyl/N-ethyl adjacent to an activating group) is 1. The van der Waals surface area contributed by atoms with Crippen molar-refractivity contribution in [3.63, 3.8) is 0 Å². The predicted molar refractivity (Wildman–Crippen MR) is 108 cm³/mol. The van der Waals surface area contributed by atoms with Crippen LogP contribution in [0.5, 0.6) is 0 Å². The van der Waals surface area contributed by atoms with Gasteiger partial charge < -0.3 is 9.80 Å². The molecule has 8 nitrogen and oxygen atoms in total. The first-order chi connectivity index (χ1) is 13.6. The summed E-state index contributed by atoms with van der Waals surface area (Å²) in [5, 5.41) is 5.26. The molecule has 0 radical (unpaired) electrons. The molecule has 1 aliphatic rings. The Morgan fingerprint density at radius 2 is 1.86 bits per heavy atom. The topological polar surface area (TPSA) is 70.4 Å². The van der Waals surface area contributed by atoms with E-state index in [1.54, 1.807) is 15.9 Å². The third kappa shape index (κ3) is 3.82. The summed E-state index contributed by atoms with van der Waals surface area (Å²) in [6, 6.07) is 10.1. The van der Waals surface area contributed by atoms with Crippen LogP contribution < -0.4 is 4.90 Å². The first-order valence-electron chi connectivity index (χ1n) is 9.50. The van der Waals surface area contributed by atoms with Crippen LogP contribution >= 0.6 is 0 Å². The van der Waals surface area contributed by atoms with E-state index in [-0.39, 0.29) is 5.91 Å². The second-order valence-electron chi connectivity index (χ2n) is 7.20. The molecule has 1 aliphatic heterocycles. The molecule has 0 bridgehead atoms. The zero-order valence-electron chi connectivity index (χ0n) is 16.3. The number of carbonyl (C=O) groups is 1. The Hall–Kier alpha value is -3.00. The normalized spacial score (nSPS) is 15.1. The highest BCUT2D eigenvalue weighted by Crippen LogP contribution is 2.23. The maximum Gasteiger partial charge on any atom is 0.236 e. The highest BCUT2D eigenvalue weighted by molar-refractivity contribution is 5.86. The smallest absolute Gasteiger partial charge is 0.236 e. The van der Waals surface area contributed by atoms with Crippen molar-refractivity contribution in [1.82, 2.24) is 29.5 Å². The fourth-order valence-corrected chi connectivity index (χ4v) is 3.58. The fraction of sp³-hybridized carbons (Fsp3) is 0.400. The first-order valence-corrected chi connectivity index (χ1v) is 9.50. The van der Waals surface area contributed by atoms with Crippen LogP contribution in [0.4, 0.5) is 5.82 Å². The maximum absolute atomic E-state index is 12.6. The van der Waals surface area contributed by atoms with Gasteiger partial charge in [0.15, 0.2) is 5.65 Å². The Morgan fingerprint density at radius 3 is 2.61 bits per heavy atom. The zero-order chi connectivity index (χ0) is 19.5. The lowest BCUT2D eigenvalue weighted by molar-refractivity contribution is -0.131. The molecule has 4 rings (SSSR count). The molecule has 146 valence electrons. The number of amides is 1. The van der Waals surface area contributed by atoms with E-state index in [2.05, 4.69) is 24.9 Å². The number of benzene rings is 1. The van der Waals surface area contributed by atoms with Gasteiger partial charge in [-0.15, -0.1) is 0 Å². The van der Waals surface area contributed by atoms with E-state index in [1.165, 1.54) is 0 Å². The van der Waals surface area contributed by atoms with Crippen LogP contribution in [0.15, 0.2) is 42.9 Å². The Labute approximate surface area is 164 Å². The average molecular weight is 379 g/mol. The van der Waals surface area contributed by atoms with Gasteiger partial charge in [-0.2, -0.15) is 5.10 Å². The Bertz CT molecular complexity index is 948. The third-order valence-electron chi connectivity index (χ3n) is 5.23. The SMILES string of the molecule is CN(Cc1ccccc1)C(=O)CN1CCN(c2ncnc3c2cnn3C)CC1. The summed E-state index contributed by atoms with van der Waals surface area (Å²) >= 11 is 0. The van der Waals surface area contributed by atoms with E-state index < -0.39 is 0 Å². The Balaban J connectivity index is 1.33. The number of hydrogen-bond donors (Lipinski definition) is 0. The standard InChI is InChI=1S/C20H25N7O/c1-24(13-16-6-4-3-5-7-16)18(28)14-26-8-10-27(11-9-26)20-17-12-23-25(2)19(17)21-15-22-20/h3-7,12,15H,8-11,13-14H2,1-2H3. The average Bonchev–Trinajstić information content (AvgIpc) is 3.10. The molecule has 0 aliphatic carbocycles. The summed E-state index contributed by atoms with van der Waals surface area (Å²) in [7, 11) is 3.75. The second kappa shape index (κ2) is 7.93. The lowest BCUT2D eigenvalue weighted by Crippen LogP contribution is -2.49.